The number of nitrogens with one attached hydrogen (secondary N) is 1. The van der Waals surface area contributed by atoms with Gasteiger partial charge < -0.3 is 10.1 Å². The van der Waals surface area contributed by atoms with E-state index in [1.165, 1.54) is 24.8 Å². The number of ether oxygens (including phenoxy) is 1. The molecule has 1 saturated heterocycles. The summed E-state index contributed by atoms with van der Waals surface area (Å²) in [4.78, 5) is 0. The Kier molecular flexibility index (Phi) is 4.23. The number of hydrogen-bond donors (Lipinski definition) is 1. The average molecular weight is 219 g/mol. The highest BCUT2D eigenvalue weighted by Crippen LogP contribution is 2.14. The lowest BCUT2D eigenvalue weighted by Crippen LogP contribution is -2.28. The zero-order valence-electron chi connectivity index (χ0n) is 10.0. The van der Waals surface area contributed by atoms with Gasteiger partial charge in [-0.25, -0.2) is 0 Å². The van der Waals surface area contributed by atoms with E-state index in [9.17, 15) is 0 Å². The van der Waals surface area contributed by atoms with Gasteiger partial charge in [-0.3, -0.25) is 0 Å². The maximum atomic E-state index is 5.76. The van der Waals surface area contributed by atoms with Crippen LogP contribution in [-0.4, -0.2) is 19.2 Å². The number of rotatable bonds is 5. The van der Waals surface area contributed by atoms with Crippen LogP contribution in [-0.2, 0) is 6.42 Å². The van der Waals surface area contributed by atoms with E-state index in [2.05, 4.69) is 36.5 Å². The molecule has 1 atom stereocenters. The molecule has 0 spiro atoms. The van der Waals surface area contributed by atoms with Gasteiger partial charge in [-0.15, -0.1) is 0 Å². The van der Waals surface area contributed by atoms with Crippen molar-refractivity contribution in [2.45, 2.75) is 38.6 Å². The van der Waals surface area contributed by atoms with Crippen LogP contribution in [0.25, 0.3) is 0 Å². The first-order valence-corrected chi connectivity index (χ1v) is 6.33. The molecule has 1 aliphatic heterocycles. The molecule has 1 aromatic rings. The molecule has 0 aliphatic carbocycles. The minimum absolute atomic E-state index is 0.551. The van der Waals surface area contributed by atoms with E-state index in [0.717, 1.165) is 25.3 Å². The Balaban J connectivity index is 1.80. The predicted molar refractivity (Wildman–Crippen MR) is 67.0 cm³/mol. The number of hydrogen-bond acceptors (Lipinski definition) is 2. The van der Waals surface area contributed by atoms with Crippen LogP contribution in [0.15, 0.2) is 24.3 Å². The molecule has 1 aliphatic rings. The highest BCUT2D eigenvalue weighted by molar-refractivity contribution is 5.27. The van der Waals surface area contributed by atoms with E-state index in [-0.39, 0.29) is 0 Å². The largest absolute Gasteiger partial charge is 0.492 e. The molecule has 0 unspecified atom stereocenters. The molecule has 1 fully saturated rings. The topological polar surface area (TPSA) is 21.3 Å². The van der Waals surface area contributed by atoms with Gasteiger partial charge in [-0.05, 0) is 43.5 Å². The zero-order valence-corrected chi connectivity index (χ0v) is 10.0. The van der Waals surface area contributed by atoms with Crippen molar-refractivity contribution in [1.29, 1.82) is 0 Å². The summed E-state index contributed by atoms with van der Waals surface area (Å²) in [6.07, 6.45) is 4.88. The smallest absolute Gasteiger partial charge is 0.119 e. The highest BCUT2D eigenvalue weighted by Gasteiger charge is 2.14. The van der Waals surface area contributed by atoms with Crippen molar-refractivity contribution < 1.29 is 4.74 Å². The normalized spacial score (nSPS) is 19.9. The monoisotopic (exact) mass is 219 g/mol. The van der Waals surface area contributed by atoms with Crippen LogP contribution >= 0.6 is 0 Å². The Morgan fingerprint density at radius 3 is 2.75 bits per heavy atom. The Morgan fingerprint density at radius 2 is 2.12 bits per heavy atom. The fourth-order valence-electron chi connectivity index (χ4n) is 2.14. The van der Waals surface area contributed by atoms with Crippen molar-refractivity contribution >= 4 is 0 Å². The summed E-state index contributed by atoms with van der Waals surface area (Å²) in [5.74, 6) is 0.994. The molecule has 88 valence electrons. The molecule has 2 heteroatoms. The van der Waals surface area contributed by atoms with Gasteiger partial charge in [0.1, 0.15) is 12.4 Å². The van der Waals surface area contributed by atoms with E-state index in [0.29, 0.717) is 6.04 Å². The van der Waals surface area contributed by atoms with E-state index in [1.807, 2.05) is 0 Å². The third kappa shape index (κ3) is 3.24. The van der Waals surface area contributed by atoms with E-state index >= 15 is 0 Å². The Bertz CT molecular complexity index is 301. The van der Waals surface area contributed by atoms with Crippen molar-refractivity contribution in [3.05, 3.63) is 29.8 Å². The summed E-state index contributed by atoms with van der Waals surface area (Å²) in [7, 11) is 0. The third-order valence-corrected chi connectivity index (χ3v) is 3.08. The molecule has 0 radical (unpaired) electrons. The molecule has 2 rings (SSSR count). The lowest BCUT2D eigenvalue weighted by Gasteiger charge is -2.12. The first-order valence-electron chi connectivity index (χ1n) is 6.33. The van der Waals surface area contributed by atoms with Crippen LogP contribution < -0.4 is 10.1 Å². The van der Waals surface area contributed by atoms with Crippen molar-refractivity contribution in [2.75, 3.05) is 13.2 Å². The molecule has 0 bridgehead atoms. The van der Waals surface area contributed by atoms with Gasteiger partial charge in [0.05, 0.1) is 0 Å². The predicted octanol–water partition coefficient (Wildman–Crippen LogP) is 2.77. The lowest BCUT2D eigenvalue weighted by molar-refractivity contribution is 0.277. The van der Waals surface area contributed by atoms with Crippen LogP contribution in [0.2, 0.25) is 0 Å². The first-order chi connectivity index (χ1) is 7.88. The van der Waals surface area contributed by atoms with Gasteiger partial charge in [0.2, 0.25) is 0 Å². The molecule has 1 N–H and O–H groups in total. The summed E-state index contributed by atoms with van der Waals surface area (Å²) in [6.45, 7) is 4.15. The minimum Gasteiger partial charge on any atom is -0.492 e. The second kappa shape index (κ2) is 5.90. The van der Waals surface area contributed by atoms with E-state index < -0.39 is 0 Å². The summed E-state index contributed by atoms with van der Waals surface area (Å²) in [6, 6.07) is 9.05. The van der Waals surface area contributed by atoms with Crippen LogP contribution in [0, 0.1) is 0 Å². The zero-order chi connectivity index (χ0) is 11.2. The summed E-state index contributed by atoms with van der Waals surface area (Å²) < 4.78 is 5.76. The minimum atomic E-state index is 0.551. The second-order valence-electron chi connectivity index (χ2n) is 4.50. The fraction of sp³-hybridized carbons (Fsp3) is 0.571. The standard InChI is InChI=1S/C14H21NO/c1-2-4-12-6-8-14(9-7-12)16-11-13-5-3-10-15-13/h6-9,13,15H,2-5,10-11H2,1H3/t13-/m1/s1. The van der Waals surface area contributed by atoms with Gasteiger partial charge >= 0.3 is 0 Å². The van der Waals surface area contributed by atoms with Crippen molar-refractivity contribution in [3.63, 3.8) is 0 Å². The van der Waals surface area contributed by atoms with Gasteiger partial charge in [0.25, 0.3) is 0 Å². The molecule has 16 heavy (non-hydrogen) atoms. The number of benzene rings is 1. The second-order valence-corrected chi connectivity index (χ2v) is 4.50. The molecule has 0 aromatic heterocycles. The Morgan fingerprint density at radius 1 is 1.31 bits per heavy atom. The van der Waals surface area contributed by atoms with Crippen LogP contribution in [0.5, 0.6) is 5.75 Å². The Hall–Kier alpha value is -1.02. The van der Waals surface area contributed by atoms with Crippen molar-refractivity contribution in [1.82, 2.24) is 5.32 Å². The molecule has 0 amide bonds. The summed E-state index contributed by atoms with van der Waals surface area (Å²) in [5.41, 5.74) is 1.40. The van der Waals surface area contributed by atoms with Crippen LogP contribution in [0.3, 0.4) is 0 Å². The summed E-state index contributed by atoms with van der Waals surface area (Å²) in [5, 5.41) is 3.43. The number of aryl methyl sites for hydroxylation is 1. The van der Waals surface area contributed by atoms with Crippen LogP contribution in [0.1, 0.15) is 31.7 Å². The van der Waals surface area contributed by atoms with Crippen molar-refractivity contribution in [3.8, 4) is 5.75 Å². The average Bonchev–Trinajstić information content (AvgIpc) is 2.82. The Labute approximate surface area is 98.0 Å². The third-order valence-electron chi connectivity index (χ3n) is 3.08. The SMILES string of the molecule is CCCc1ccc(OC[C@H]2CCCN2)cc1. The molecule has 1 heterocycles. The van der Waals surface area contributed by atoms with Gasteiger partial charge in [-0.2, -0.15) is 0 Å². The van der Waals surface area contributed by atoms with Gasteiger partial charge in [-0.1, -0.05) is 25.5 Å². The molecule has 0 saturated carbocycles. The van der Waals surface area contributed by atoms with E-state index in [1.54, 1.807) is 0 Å². The lowest BCUT2D eigenvalue weighted by atomic mass is 10.1. The van der Waals surface area contributed by atoms with Gasteiger partial charge in [0, 0.05) is 6.04 Å². The quantitative estimate of drug-likeness (QED) is 0.822. The molecular formula is C14H21NO. The van der Waals surface area contributed by atoms with Crippen LogP contribution in [0.4, 0.5) is 0 Å². The van der Waals surface area contributed by atoms with Crippen molar-refractivity contribution in [2.24, 2.45) is 0 Å². The molecule has 2 nitrogen and oxygen atoms in total. The summed E-state index contributed by atoms with van der Waals surface area (Å²) >= 11 is 0. The molecular weight excluding hydrogens is 198 g/mol. The van der Waals surface area contributed by atoms with E-state index in [4.69, 9.17) is 4.74 Å². The first kappa shape index (κ1) is 11.5. The maximum Gasteiger partial charge on any atom is 0.119 e. The maximum absolute atomic E-state index is 5.76. The molecule has 1 aromatic carbocycles. The fourth-order valence-corrected chi connectivity index (χ4v) is 2.14. The highest BCUT2D eigenvalue weighted by atomic mass is 16.5. The van der Waals surface area contributed by atoms with Gasteiger partial charge in [0.15, 0.2) is 0 Å².